The number of aryl methyl sites for hydroxylation is 1. The summed E-state index contributed by atoms with van der Waals surface area (Å²) in [7, 11) is 0. The molecule has 19 heavy (non-hydrogen) atoms. The summed E-state index contributed by atoms with van der Waals surface area (Å²) < 4.78 is 10.8. The fraction of sp³-hybridized carbons (Fsp3) is 0.167. The summed E-state index contributed by atoms with van der Waals surface area (Å²) in [5.41, 5.74) is 0.130. The second-order valence-electron chi connectivity index (χ2n) is 4.05. The Bertz CT molecular complexity index is 859. The van der Waals surface area contributed by atoms with Crippen LogP contribution in [0.1, 0.15) is 11.5 Å². The van der Waals surface area contributed by atoms with Crippen LogP contribution in [-0.2, 0) is 6.54 Å². The predicted molar refractivity (Wildman–Crippen MR) is 64.9 cm³/mol. The van der Waals surface area contributed by atoms with E-state index in [9.17, 15) is 9.59 Å². The van der Waals surface area contributed by atoms with Crippen molar-refractivity contribution in [1.29, 1.82) is 0 Å². The van der Waals surface area contributed by atoms with Crippen LogP contribution in [0.4, 0.5) is 0 Å². The molecule has 0 aliphatic rings. The lowest BCUT2D eigenvalue weighted by atomic mass is 10.3. The van der Waals surface area contributed by atoms with Crippen LogP contribution < -0.4 is 11.4 Å². The Morgan fingerprint density at radius 3 is 2.95 bits per heavy atom. The number of aromatic nitrogens is 3. The molecule has 0 aliphatic heterocycles. The number of fused-ring (bicyclic) bond motifs is 1. The van der Waals surface area contributed by atoms with Gasteiger partial charge in [0.25, 0.3) is 0 Å². The molecule has 0 saturated heterocycles. The minimum absolute atomic E-state index is 0.132. The van der Waals surface area contributed by atoms with Crippen LogP contribution in [0, 0.1) is 6.92 Å². The normalized spacial score (nSPS) is 11.0. The van der Waals surface area contributed by atoms with E-state index in [1.165, 1.54) is 10.8 Å². The molecule has 0 aliphatic carbocycles. The number of rotatable bonds is 2. The minimum Gasteiger partial charge on any atom is -0.372 e. The quantitative estimate of drug-likeness (QED) is 0.672. The van der Waals surface area contributed by atoms with Gasteiger partial charge in [-0.3, -0.25) is 4.57 Å². The molecule has 0 spiro atoms. The van der Waals surface area contributed by atoms with E-state index in [1.54, 1.807) is 25.1 Å². The molecule has 0 saturated carbocycles. The van der Waals surface area contributed by atoms with Gasteiger partial charge in [0.1, 0.15) is 16.8 Å². The highest BCUT2D eigenvalue weighted by Gasteiger charge is 2.12. The van der Waals surface area contributed by atoms with Crippen LogP contribution in [0.3, 0.4) is 0 Å². The molecule has 3 aromatic rings. The van der Waals surface area contributed by atoms with Crippen molar-refractivity contribution in [2.45, 2.75) is 13.5 Å². The Hall–Kier alpha value is -2.70. The highest BCUT2D eigenvalue weighted by atomic mass is 16.5. The van der Waals surface area contributed by atoms with Gasteiger partial charge >= 0.3 is 11.4 Å². The second kappa shape index (κ2) is 4.20. The van der Waals surface area contributed by atoms with E-state index in [0.29, 0.717) is 11.5 Å². The van der Waals surface area contributed by atoms with Crippen molar-refractivity contribution in [3.8, 4) is 0 Å². The molecular formula is C12H9N3O4. The van der Waals surface area contributed by atoms with Crippen molar-refractivity contribution in [1.82, 2.24) is 14.7 Å². The first-order valence-corrected chi connectivity index (χ1v) is 5.56. The zero-order valence-electron chi connectivity index (χ0n) is 9.99. The van der Waals surface area contributed by atoms with E-state index >= 15 is 0 Å². The molecule has 0 unspecified atom stereocenters. The van der Waals surface area contributed by atoms with Crippen LogP contribution in [0.5, 0.6) is 0 Å². The highest BCUT2D eigenvalue weighted by molar-refractivity contribution is 5.72. The highest BCUT2D eigenvalue weighted by Crippen LogP contribution is 2.07. The molecule has 0 aromatic carbocycles. The van der Waals surface area contributed by atoms with Crippen molar-refractivity contribution in [2.24, 2.45) is 0 Å². The Morgan fingerprint density at radius 1 is 1.37 bits per heavy atom. The Labute approximate surface area is 106 Å². The number of hydrogen-bond donors (Lipinski definition) is 0. The van der Waals surface area contributed by atoms with Crippen molar-refractivity contribution in [3.05, 3.63) is 56.8 Å². The fourth-order valence-electron chi connectivity index (χ4n) is 1.84. The molecule has 0 bridgehead atoms. The summed E-state index contributed by atoms with van der Waals surface area (Å²) in [4.78, 5) is 27.4. The monoisotopic (exact) mass is 259 g/mol. The molecule has 3 aromatic heterocycles. The summed E-state index contributed by atoms with van der Waals surface area (Å²) in [5, 5.41) is 4.05. The standard InChI is InChI=1S/C12H9N3O4/c1-7-5-8(14-19-7)6-15-10-9(3-2-4-13-10)11(16)18-12(15)17/h2-5H,6H2,1H3. The van der Waals surface area contributed by atoms with Crippen LogP contribution in [0.15, 0.2) is 42.9 Å². The SMILES string of the molecule is Cc1cc(Cn2c(=O)oc(=O)c3cccnc32)no1. The summed E-state index contributed by atoms with van der Waals surface area (Å²) in [6, 6.07) is 4.86. The molecule has 7 heteroatoms. The van der Waals surface area contributed by atoms with Gasteiger partial charge in [0.15, 0.2) is 5.65 Å². The smallest absolute Gasteiger partial charge is 0.372 e. The second-order valence-corrected chi connectivity index (χ2v) is 4.05. The lowest BCUT2D eigenvalue weighted by Crippen LogP contribution is -2.26. The van der Waals surface area contributed by atoms with Crippen LogP contribution in [-0.4, -0.2) is 14.7 Å². The van der Waals surface area contributed by atoms with E-state index in [1.807, 2.05) is 0 Å². The van der Waals surface area contributed by atoms with Crippen LogP contribution in [0.2, 0.25) is 0 Å². The molecule has 0 fully saturated rings. The Morgan fingerprint density at radius 2 is 2.21 bits per heavy atom. The van der Waals surface area contributed by atoms with Gasteiger partial charge in [-0.1, -0.05) is 5.16 Å². The molecule has 0 radical (unpaired) electrons. The van der Waals surface area contributed by atoms with Gasteiger partial charge in [0.2, 0.25) is 0 Å². The van der Waals surface area contributed by atoms with E-state index < -0.39 is 11.4 Å². The van der Waals surface area contributed by atoms with Crippen LogP contribution in [0.25, 0.3) is 11.0 Å². The molecule has 3 heterocycles. The topological polar surface area (TPSA) is 91.1 Å². The van der Waals surface area contributed by atoms with Gasteiger partial charge in [-0.05, 0) is 19.1 Å². The lowest BCUT2D eigenvalue weighted by Gasteiger charge is -2.04. The maximum Gasteiger partial charge on any atom is 0.423 e. The van der Waals surface area contributed by atoms with E-state index in [2.05, 4.69) is 14.6 Å². The first-order chi connectivity index (χ1) is 9.15. The van der Waals surface area contributed by atoms with Gasteiger partial charge < -0.3 is 8.94 Å². The number of pyridine rings is 1. The average Bonchev–Trinajstić information content (AvgIpc) is 2.80. The third kappa shape index (κ3) is 1.95. The first kappa shape index (κ1) is 11.4. The zero-order chi connectivity index (χ0) is 13.4. The number of nitrogens with zero attached hydrogens (tertiary/aromatic N) is 3. The van der Waals surface area contributed by atoms with E-state index in [4.69, 9.17) is 4.52 Å². The molecule has 96 valence electrons. The summed E-state index contributed by atoms with van der Waals surface area (Å²) in [6.45, 7) is 1.88. The average molecular weight is 259 g/mol. The Kier molecular flexibility index (Phi) is 2.52. The molecule has 7 nitrogen and oxygen atoms in total. The Balaban J connectivity index is 2.23. The van der Waals surface area contributed by atoms with Gasteiger partial charge in [-0.2, -0.15) is 0 Å². The summed E-state index contributed by atoms with van der Waals surface area (Å²) in [5.74, 6) is -0.130. The van der Waals surface area contributed by atoms with Crippen molar-refractivity contribution >= 4 is 11.0 Å². The minimum atomic E-state index is -0.767. The van der Waals surface area contributed by atoms with E-state index in [0.717, 1.165) is 0 Å². The predicted octanol–water partition coefficient (Wildman–Crippen LogP) is 0.694. The third-order valence-corrected chi connectivity index (χ3v) is 2.66. The fourth-order valence-corrected chi connectivity index (χ4v) is 1.84. The van der Waals surface area contributed by atoms with Crippen LogP contribution >= 0.6 is 0 Å². The van der Waals surface area contributed by atoms with Gasteiger partial charge in [-0.25, -0.2) is 14.6 Å². The molecule has 3 rings (SSSR count). The molecular weight excluding hydrogens is 250 g/mol. The van der Waals surface area contributed by atoms with Crippen molar-refractivity contribution in [2.75, 3.05) is 0 Å². The first-order valence-electron chi connectivity index (χ1n) is 5.56. The lowest BCUT2D eigenvalue weighted by molar-refractivity contribution is 0.383. The zero-order valence-corrected chi connectivity index (χ0v) is 9.99. The summed E-state index contributed by atoms with van der Waals surface area (Å²) in [6.07, 6.45) is 1.51. The van der Waals surface area contributed by atoms with Gasteiger partial charge in [0.05, 0.1) is 6.54 Å². The molecule has 0 atom stereocenters. The summed E-state index contributed by atoms with van der Waals surface area (Å²) >= 11 is 0. The van der Waals surface area contributed by atoms with Gasteiger partial charge in [-0.15, -0.1) is 0 Å². The molecule has 0 N–H and O–H groups in total. The van der Waals surface area contributed by atoms with Gasteiger partial charge in [0, 0.05) is 12.3 Å². The van der Waals surface area contributed by atoms with E-state index in [-0.39, 0.29) is 17.6 Å². The third-order valence-electron chi connectivity index (χ3n) is 2.66. The van der Waals surface area contributed by atoms with Crippen molar-refractivity contribution < 1.29 is 8.94 Å². The maximum absolute atomic E-state index is 11.8. The largest absolute Gasteiger partial charge is 0.423 e. The number of hydrogen-bond acceptors (Lipinski definition) is 6. The molecule has 0 amide bonds. The van der Waals surface area contributed by atoms with Crippen molar-refractivity contribution in [3.63, 3.8) is 0 Å². The maximum atomic E-state index is 11.8.